The SMILES string of the molecule is CC(O)Nc1ccccc1[N+]#N.Cl.[Cl-].[Zn]. The average molecular weight is 301 g/mol. The first kappa shape index (κ1) is 20.1. The molecule has 15 heavy (non-hydrogen) atoms. The van der Waals surface area contributed by atoms with Crippen LogP contribution in [-0.2, 0) is 19.5 Å². The zero-order valence-corrected chi connectivity index (χ0v) is 12.8. The summed E-state index contributed by atoms with van der Waals surface area (Å²) in [5, 5.41) is 20.3. The van der Waals surface area contributed by atoms with E-state index in [2.05, 4.69) is 10.3 Å². The van der Waals surface area contributed by atoms with Gasteiger partial charge >= 0.3 is 5.69 Å². The molecule has 0 spiro atoms. The Morgan fingerprint density at radius 1 is 1.40 bits per heavy atom. The summed E-state index contributed by atoms with van der Waals surface area (Å²) in [7, 11) is 0. The Bertz CT molecular complexity index is 317. The van der Waals surface area contributed by atoms with Gasteiger partial charge in [0.05, 0.1) is 0 Å². The molecular formula is C8H11Cl2N3OZn. The van der Waals surface area contributed by atoms with E-state index in [1.54, 1.807) is 31.2 Å². The summed E-state index contributed by atoms with van der Waals surface area (Å²) in [5.74, 6) is 0. The number of diazo groups is 1. The van der Waals surface area contributed by atoms with Crippen LogP contribution in [-0.4, -0.2) is 11.3 Å². The monoisotopic (exact) mass is 299 g/mol. The van der Waals surface area contributed by atoms with E-state index in [0.717, 1.165) is 0 Å². The van der Waals surface area contributed by atoms with Gasteiger partial charge in [-0.1, -0.05) is 12.1 Å². The van der Waals surface area contributed by atoms with Gasteiger partial charge < -0.3 is 22.8 Å². The largest absolute Gasteiger partial charge is 1.00 e. The molecule has 0 saturated heterocycles. The molecule has 0 saturated carbocycles. The Labute approximate surface area is 114 Å². The molecule has 80 valence electrons. The van der Waals surface area contributed by atoms with Gasteiger partial charge in [0.25, 0.3) is 0 Å². The molecule has 4 nitrogen and oxygen atoms in total. The third-order valence-corrected chi connectivity index (χ3v) is 1.38. The number of aliphatic hydroxyl groups excluding tert-OH is 1. The number of nitrogens with zero attached hydrogens (tertiary/aromatic N) is 2. The average Bonchev–Trinajstić information content (AvgIpc) is 2.04. The Kier molecular flexibility index (Phi) is 13.6. The number of hydrogen-bond donors (Lipinski definition) is 2. The number of halogens is 2. The number of benzene rings is 1. The van der Waals surface area contributed by atoms with Gasteiger partial charge in [0.15, 0.2) is 4.98 Å². The summed E-state index contributed by atoms with van der Waals surface area (Å²) in [6.07, 6.45) is -0.659. The van der Waals surface area contributed by atoms with E-state index in [-0.39, 0.29) is 44.3 Å². The van der Waals surface area contributed by atoms with Gasteiger partial charge in [-0.3, -0.25) is 0 Å². The van der Waals surface area contributed by atoms with E-state index < -0.39 is 6.23 Å². The summed E-state index contributed by atoms with van der Waals surface area (Å²) < 4.78 is 0. The van der Waals surface area contributed by atoms with Crippen molar-refractivity contribution in [2.75, 3.05) is 5.32 Å². The Morgan fingerprint density at radius 2 is 1.93 bits per heavy atom. The van der Waals surface area contributed by atoms with Crippen LogP contribution in [0.5, 0.6) is 0 Å². The van der Waals surface area contributed by atoms with Gasteiger partial charge in [0.1, 0.15) is 11.9 Å². The van der Waals surface area contributed by atoms with Gasteiger partial charge in [-0.2, -0.15) is 0 Å². The van der Waals surface area contributed by atoms with Crippen molar-refractivity contribution < 1.29 is 37.0 Å². The molecule has 2 N–H and O–H groups in total. The summed E-state index contributed by atoms with van der Waals surface area (Å²) in [6.45, 7) is 1.59. The van der Waals surface area contributed by atoms with Crippen molar-refractivity contribution in [3.63, 3.8) is 0 Å². The minimum absolute atomic E-state index is 0. The number of hydrogen-bond acceptors (Lipinski definition) is 3. The van der Waals surface area contributed by atoms with E-state index in [0.29, 0.717) is 11.4 Å². The topological polar surface area (TPSA) is 60.4 Å². The fourth-order valence-corrected chi connectivity index (χ4v) is 0.908. The van der Waals surface area contributed by atoms with Crippen LogP contribution in [0.2, 0.25) is 0 Å². The first-order valence-corrected chi connectivity index (χ1v) is 3.63. The molecule has 1 aromatic rings. The first-order chi connectivity index (χ1) is 5.74. The molecule has 0 radical (unpaired) electrons. The minimum atomic E-state index is -0.659. The second-order valence-corrected chi connectivity index (χ2v) is 2.44. The molecule has 0 aliphatic rings. The number of anilines is 1. The molecule has 0 amide bonds. The molecule has 0 fully saturated rings. The maximum atomic E-state index is 8.99. The van der Waals surface area contributed by atoms with Crippen LogP contribution in [0, 0.1) is 5.39 Å². The molecule has 0 bridgehead atoms. The summed E-state index contributed by atoms with van der Waals surface area (Å²) in [6, 6.07) is 6.91. The van der Waals surface area contributed by atoms with Crippen LogP contribution >= 0.6 is 12.4 Å². The van der Waals surface area contributed by atoms with Crippen molar-refractivity contribution >= 4 is 23.8 Å². The zero-order chi connectivity index (χ0) is 8.97. The van der Waals surface area contributed by atoms with E-state index in [9.17, 15) is 0 Å². The summed E-state index contributed by atoms with van der Waals surface area (Å²) in [4.78, 5) is 3.05. The molecule has 1 rings (SSSR count). The molecule has 0 aromatic heterocycles. The van der Waals surface area contributed by atoms with Crippen molar-refractivity contribution in [3.05, 3.63) is 29.2 Å². The Morgan fingerprint density at radius 3 is 2.40 bits per heavy atom. The van der Waals surface area contributed by atoms with Crippen molar-refractivity contribution in [1.29, 1.82) is 5.39 Å². The summed E-state index contributed by atoms with van der Waals surface area (Å²) >= 11 is 0. The normalized spacial score (nSPS) is 9.40. The standard InChI is InChI=1S/C8H10N3O.2ClH.Zn/c1-6(12)10-7-4-2-3-5-8(7)11-9;;;/h2-6,10,12H,1H3;2*1H;/q+1;;;/p-1. The molecule has 0 aliphatic carbocycles. The molecular weight excluding hydrogens is 290 g/mol. The van der Waals surface area contributed by atoms with Crippen molar-refractivity contribution in [3.8, 4) is 0 Å². The molecule has 1 atom stereocenters. The maximum absolute atomic E-state index is 8.99. The second kappa shape index (κ2) is 10.1. The zero-order valence-electron chi connectivity index (χ0n) is 8.22. The quantitative estimate of drug-likeness (QED) is 0.433. The second-order valence-electron chi connectivity index (χ2n) is 2.44. The van der Waals surface area contributed by atoms with Gasteiger partial charge in [-0.05, 0) is 13.0 Å². The van der Waals surface area contributed by atoms with Crippen molar-refractivity contribution in [1.82, 2.24) is 0 Å². The van der Waals surface area contributed by atoms with Gasteiger partial charge in [0, 0.05) is 25.5 Å². The van der Waals surface area contributed by atoms with Gasteiger partial charge in [-0.15, -0.1) is 12.4 Å². The predicted octanol–water partition coefficient (Wildman–Crippen LogP) is -0.655. The van der Waals surface area contributed by atoms with E-state index in [4.69, 9.17) is 10.5 Å². The minimum Gasteiger partial charge on any atom is -1.00 e. The van der Waals surface area contributed by atoms with Crippen LogP contribution in [0.4, 0.5) is 11.4 Å². The maximum Gasteiger partial charge on any atom is 0.407 e. The van der Waals surface area contributed by atoms with Crippen LogP contribution in [0.3, 0.4) is 0 Å². The number of aliphatic hydroxyl groups is 1. The van der Waals surface area contributed by atoms with Crippen LogP contribution in [0.25, 0.3) is 4.98 Å². The molecule has 1 unspecified atom stereocenters. The Balaban J connectivity index is -0.000000480. The smallest absolute Gasteiger partial charge is 0.407 e. The number of rotatable bonds is 2. The van der Waals surface area contributed by atoms with Crippen LogP contribution in [0.1, 0.15) is 6.92 Å². The third kappa shape index (κ3) is 6.64. The predicted molar refractivity (Wildman–Crippen MR) is 53.7 cm³/mol. The van der Waals surface area contributed by atoms with Crippen molar-refractivity contribution in [2.45, 2.75) is 13.2 Å². The number of para-hydroxylation sites is 1. The Hall–Kier alpha value is -0.397. The van der Waals surface area contributed by atoms with Gasteiger partial charge in [-0.25, -0.2) is 0 Å². The molecule has 7 heteroatoms. The van der Waals surface area contributed by atoms with Gasteiger partial charge in [0.2, 0.25) is 5.39 Å². The fourth-order valence-electron chi connectivity index (χ4n) is 0.908. The fraction of sp³-hybridized carbons (Fsp3) is 0.250. The number of nitrogens with one attached hydrogen (secondary N) is 1. The van der Waals surface area contributed by atoms with E-state index in [1.165, 1.54) is 0 Å². The first-order valence-electron chi connectivity index (χ1n) is 3.63. The third-order valence-electron chi connectivity index (χ3n) is 1.38. The van der Waals surface area contributed by atoms with Crippen LogP contribution in [0.15, 0.2) is 24.3 Å². The summed E-state index contributed by atoms with van der Waals surface area (Å²) in [5.41, 5.74) is 1.02. The van der Waals surface area contributed by atoms with E-state index >= 15 is 0 Å². The molecule has 0 heterocycles. The van der Waals surface area contributed by atoms with Crippen molar-refractivity contribution in [2.24, 2.45) is 0 Å². The molecule has 1 aromatic carbocycles. The van der Waals surface area contributed by atoms with Crippen LogP contribution < -0.4 is 17.7 Å². The molecule has 0 aliphatic heterocycles. The van der Waals surface area contributed by atoms with E-state index in [1.807, 2.05) is 0 Å².